The van der Waals surface area contributed by atoms with Crippen molar-refractivity contribution in [1.82, 2.24) is 19.5 Å². The molecule has 0 bridgehead atoms. The number of para-hydroxylation sites is 1. The van der Waals surface area contributed by atoms with Gasteiger partial charge in [-0.25, -0.2) is 15.0 Å². The minimum Gasteiger partial charge on any atom is -0.378 e. The molecular formula is C20H23N5O. The summed E-state index contributed by atoms with van der Waals surface area (Å²) < 4.78 is 1.98. The SMILES string of the molecule is CC[C@@](C)(O)C#Cc1nc(Nc2ccccc2)c2ncn(C(C)C)c2n1. The fourth-order valence-electron chi connectivity index (χ4n) is 2.37. The van der Waals surface area contributed by atoms with Gasteiger partial charge in [0.25, 0.3) is 0 Å². The molecule has 26 heavy (non-hydrogen) atoms. The van der Waals surface area contributed by atoms with Crippen LogP contribution in [0.4, 0.5) is 11.5 Å². The lowest BCUT2D eigenvalue weighted by atomic mass is 10.1. The summed E-state index contributed by atoms with van der Waals surface area (Å²) in [5, 5.41) is 13.4. The highest BCUT2D eigenvalue weighted by molar-refractivity contribution is 5.85. The fourth-order valence-corrected chi connectivity index (χ4v) is 2.37. The lowest BCUT2D eigenvalue weighted by Gasteiger charge is -2.12. The molecule has 0 unspecified atom stereocenters. The summed E-state index contributed by atoms with van der Waals surface area (Å²) in [7, 11) is 0. The first kappa shape index (κ1) is 17.9. The Labute approximate surface area is 153 Å². The quantitative estimate of drug-likeness (QED) is 0.703. The van der Waals surface area contributed by atoms with Gasteiger partial charge in [0, 0.05) is 11.7 Å². The molecule has 2 heterocycles. The van der Waals surface area contributed by atoms with E-state index in [4.69, 9.17) is 0 Å². The van der Waals surface area contributed by atoms with Crippen molar-refractivity contribution < 1.29 is 5.11 Å². The summed E-state index contributed by atoms with van der Waals surface area (Å²) in [5.74, 6) is 6.70. The normalized spacial score (nSPS) is 13.3. The molecule has 1 aromatic carbocycles. The number of aliphatic hydroxyl groups is 1. The summed E-state index contributed by atoms with van der Waals surface area (Å²) >= 11 is 0. The summed E-state index contributed by atoms with van der Waals surface area (Å²) in [6.45, 7) is 7.70. The number of aromatic nitrogens is 4. The molecule has 3 rings (SSSR count). The first-order valence-electron chi connectivity index (χ1n) is 8.72. The maximum Gasteiger partial charge on any atom is 0.209 e. The molecule has 1 atom stereocenters. The molecule has 0 saturated carbocycles. The highest BCUT2D eigenvalue weighted by Gasteiger charge is 2.16. The molecule has 0 radical (unpaired) electrons. The minimum absolute atomic E-state index is 0.207. The third-order valence-corrected chi connectivity index (χ3v) is 4.15. The van der Waals surface area contributed by atoms with Gasteiger partial charge in [-0.1, -0.05) is 31.0 Å². The van der Waals surface area contributed by atoms with Crippen molar-refractivity contribution in [3.8, 4) is 11.8 Å². The van der Waals surface area contributed by atoms with Crippen LogP contribution < -0.4 is 5.32 Å². The van der Waals surface area contributed by atoms with E-state index in [0.29, 0.717) is 29.2 Å². The van der Waals surface area contributed by atoms with Gasteiger partial charge >= 0.3 is 0 Å². The van der Waals surface area contributed by atoms with Crippen LogP contribution in [-0.2, 0) is 0 Å². The summed E-state index contributed by atoms with van der Waals surface area (Å²) in [6.07, 6.45) is 2.29. The van der Waals surface area contributed by atoms with Gasteiger partial charge in [-0.3, -0.25) is 0 Å². The van der Waals surface area contributed by atoms with E-state index in [1.807, 2.05) is 41.8 Å². The largest absolute Gasteiger partial charge is 0.378 e. The van der Waals surface area contributed by atoms with Gasteiger partial charge in [0.1, 0.15) is 5.60 Å². The molecule has 0 saturated heterocycles. The van der Waals surface area contributed by atoms with Crippen molar-refractivity contribution in [2.45, 2.75) is 45.8 Å². The van der Waals surface area contributed by atoms with E-state index in [1.54, 1.807) is 13.3 Å². The third-order valence-electron chi connectivity index (χ3n) is 4.15. The Morgan fingerprint density at radius 2 is 1.96 bits per heavy atom. The van der Waals surface area contributed by atoms with Crippen LogP contribution in [-0.4, -0.2) is 30.2 Å². The number of hydrogen-bond acceptors (Lipinski definition) is 5. The number of imidazole rings is 1. The van der Waals surface area contributed by atoms with Crippen LogP contribution in [0.3, 0.4) is 0 Å². The van der Waals surface area contributed by atoms with E-state index in [9.17, 15) is 5.11 Å². The van der Waals surface area contributed by atoms with Gasteiger partial charge in [0.15, 0.2) is 17.0 Å². The van der Waals surface area contributed by atoms with Crippen LogP contribution in [0.15, 0.2) is 36.7 Å². The smallest absolute Gasteiger partial charge is 0.209 e. The highest BCUT2D eigenvalue weighted by atomic mass is 16.3. The highest BCUT2D eigenvalue weighted by Crippen LogP contribution is 2.24. The second kappa shape index (κ2) is 7.14. The fraction of sp³-hybridized carbons (Fsp3) is 0.350. The second-order valence-electron chi connectivity index (χ2n) is 6.68. The number of rotatable bonds is 4. The van der Waals surface area contributed by atoms with Crippen molar-refractivity contribution in [2.24, 2.45) is 0 Å². The number of fused-ring (bicyclic) bond motifs is 1. The van der Waals surface area contributed by atoms with Crippen molar-refractivity contribution >= 4 is 22.7 Å². The van der Waals surface area contributed by atoms with Gasteiger partial charge in [0.05, 0.1) is 6.33 Å². The maximum atomic E-state index is 10.1. The zero-order valence-electron chi connectivity index (χ0n) is 15.5. The zero-order valence-corrected chi connectivity index (χ0v) is 15.5. The molecule has 0 aliphatic heterocycles. The molecular weight excluding hydrogens is 326 g/mol. The summed E-state index contributed by atoms with van der Waals surface area (Å²) in [5.41, 5.74) is 1.25. The van der Waals surface area contributed by atoms with E-state index < -0.39 is 5.60 Å². The molecule has 3 aromatic rings. The maximum absolute atomic E-state index is 10.1. The molecule has 2 N–H and O–H groups in total. The van der Waals surface area contributed by atoms with Crippen LogP contribution in [0.5, 0.6) is 0 Å². The Morgan fingerprint density at radius 1 is 1.23 bits per heavy atom. The molecule has 6 nitrogen and oxygen atoms in total. The lowest BCUT2D eigenvalue weighted by molar-refractivity contribution is 0.118. The van der Waals surface area contributed by atoms with Gasteiger partial charge in [-0.05, 0) is 45.2 Å². The number of anilines is 2. The van der Waals surface area contributed by atoms with E-state index in [2.05, 4.69) is 46.0 Å². The summed E-state index contributed by atoms with van der Waals surface area (Å²) in [4.78, 5) is 13.6. The number of nitrogens with zero attached hydrogens (tertiary/aromatic N) is 4. The average Bonchev–Trinajstić information content (AvgIpc) is 3.05. The standard InChI is InChI=1S/C20H23N5O/c1-5-20(4,26)12-11-16-23-18(22-15-9-7-6-8-10-15)17-19(24-16)25(13-21-17)14(2)3/h6-10,13-14,26H,5H2,1-4H3,(H,22,23,24)/t20-/m1/s1. The van der Waals surface area contributed by atoms with Crippen LogP contribution in [0.25, 0.3) is 11.2 Å². The van der Waals surface area contributed by atoms with Gasteiger partial charge in [-0.2, -0.15) is 0 Å². The van der Waals surface area contributed by atoms with Gasteiger partial charge in [0.2, 0.25) is 5.82 Å². The van der Waals surface area contributed by atoms with Gasteiger partial charge < -0.3 is 15.0 Å². The topological polar surface area (TPSA) is 75.9 Å². The van der Waals surface area contributed by atoms with E-state index >= 15 is 0 Å². The molecule has 0 aliphatic rings. The van der Waals surface area contributed by atoms with Crippen LogP contribution in [0, 0.1) is 11.8 Å². The van der Waals surface area contributed by atoms with E-state index in [0.717, 1.165) is 5.69 Å². The van der Waals surface area contributed by atoms with Crippen LogP contribution >= 0.6 is 0 Å². The first-order valence-corrected chi connectivity index (χ1v) is 8.72. The minimum atomic E-state index is -1.07. The van der Waals surface area contributed by atoms with Crippen molar-refractivity contribution in [1.29, 1.82) is 0 Å². The predicted octanol–water partition coefficient (Wildman–Crippen LogP) is 3.66. The monoisotopic (exact) mass is 349 g/mol. The van der Waals surface area contributed by atoms with Gasteiger partial charge in [-0.15, -0.1) is 0 Å². The van der Waals surface area contributed by atoms with Crippen LogP contribution in [0.1, 0.15) is 46.0 Å². The van der Waals surface area contributed by atoms with Crippen molar-refractivity contribution in [2.75, 3.05) is 5.32 Å². The molecule has 0 fully saturated rings. The Bertz CT molecular complexity index is 964. The molecule has 6 heteroatoms. The average molecular weight is 349 g/mol. The molecule has 0 spiro atoms. The van der Waals surface area contributed by atoms with E-state index in [1.165, 1.54) is 0 Å². The third kappa shape index (κ3) is 3.84. The molecule has 2 aromatic heterocycles. The first-order chi connectivity index (χ1) is 12.4. The molecule has 0 aliphatic carbocycles. The lowest BCUT2D eigenvalue weighted by Crippen LogP contribution is -2.19. The van der Waals surface area contributed by atoms with Crippen molar-refractivity contribution in [3.63, 3.8) is 0 Å². The predicted molar refractivity (Wildman–Crippen MR) is 103 cm³/mol. The zero-order chi connectivity index (χ0) is 18.7. The molecule has 0 amide bonds. The Balaban J connectivity index is 2.12. The number of hydrogen-bond donors (Lipinski definition) is 2. The van der Waals surface area contributed by atoms with E-state index in [-0.39, 0.29) is 6.04 Å². The Hall–Kier alpha value is -2.91. The van der Waals surface area contributed by atoms with Crippen molar-refractivity contribution in [3.05, 3.63) is 42.5 Å². The summed E-state index contributed by atoms with van der Waals surface area (Å²) in [6, 6.07) is 9.98. The number of nitrogens with one attached hydrogen (secondary N) is 1. The van der Waals surface area contributed by atoms with Crippen LogP contribution in [0.2, 0.25) is 0 Å². The molecule has 134 valence electrons. The second-order valence-corrected chi connectivity index (χ2v) is 6.68. The Kier molecular flexibility index (Phi) is 4.92. The number of benzene rings is 1. The Morgan fingerprint density at radius 3 is 2.62 bits per heavy atom.